The highest BCUT2D eigenvalue weighted by Crippen LogP contribution is 2.15. The SMILES string of the molecule is COc1nsc(NC(=O)C(C)NC(=O)C(Cc2ccccc2)NC(=O)OCc2ccccc2)n1. The molecule has 0 spiro atoms. The number of nitrogens with one attached hydrogen (secondary N) is 3. The number of methoxy groups -OCH3 is 1. The number of hydrogen-bond acceptors (Lipinski definition) is 8. The molecule has 2 aromatic carbocycles. The van der Waals surface area contributed by atoms with Crippen molar-refractivity contribution in [2.75, 3.05) is 12.4 Å². The zero-order valence-corrected chi connectivity index (χ0v) is 19.5. The first-order valence-corrected chi connectivity index (χ1v) is 11.2. The van der Waals surface area contributed by atoms with E-state index in [9.17, 15) is 14.4 Å². The predicted octanol–water partition coefficient (Wildman–Crippen LogP) is 2.53. The summed E-state index contributed by atoms with van der Waals surface area (Å²) in [6.45, 7) is 1.59. The van der Waals surface area contributed by atoms with E-state index >= 15 is 0 Å². The number of amides is 3. The highest BCUT2D eigenvalue weighted by atomic mass is 32.1. The Balaban J connectivity index is 1.60. The van der Waals surface area contributed by atoms with Crippen molar-refractivity contribution in [2.45, 2.75) is 32.0 Å². The summed E-state index contributed by atoms with van der Waals surface area (Å²) in [6.07, 6.45) is -0.521. The van der Waals surface area contributed by atoms with E-state index in [0.29, 0.717) is 0 Å². The van der Waals surface area contributed by atoms with Gasteiger partial charge < -0.3 is 20.1 Å². The van der Waals surface area contributed by atoms with E-state index in [4.69, 9.17) is 9.47 Å². The number of carbonyl (C=O) groups excluding carboxylic acids is 3. The molecule has 0 saturated carbocycles. The van der Waals surface area contributed by atoms with Crippen LogP contribution in [0.15, 0.2) is 60.7 Å². The molecule has 3 aromatic rings. The zero-order chi connectivity index (χ0) is 24.3. The Hall–Kier alpha value is -3.99. The van der Waals surface area contributed by atoms with Crippen molar-refractivity contribution in [3.63, 3.8) is 0 Å². The van der Waals surface area contributed by atoms with Crippen LogP contribution in [-0.4, -0.2) is 46.5 Å². The third-order valence-electron chi connectivity index (χ3n) is 4.68. The van der Waals surface area contributed by atoms with Gasteiger partial charge in [0, 0.05) is 18.0 Å². The standard InChI is InChI=1S/C23H25N5O5S/c1-15(19(29)26-22-27-21(32-2)28-34-22)24-20(30)18(13-16-9-5-3-6-10-16)25-23(31)33-14-17-11-7-4-8-12-17/h3-12,15,18H,13-14H2,1-2H3,(H,24,30)(H,25,31)(H,26,27,28,29). The summed E-state index contributed by atoms with van der Waals surface area (Å²) >= 11 is 0.955. The summed E-state index contributed by atoms with van der Waals surface area (Å²) in [4.78, 5) is 41.8. The van der Waals surface area contributed by atoms with Crippen molar-refractivity contribution < 1.29 is 23.9 Å². The van der Waals surface area contributed by atoms with Gasteiger partial charge in [-0.15, -0.1) is 4.37 Å². The van der Waals surface area contributed by atoms with Gasteiger partial charge in [0.1, 0.15) is 18.7 Å². The van der Waals surface area contributed by atoms with Crippen LogP contribution in [0.4, 0.5) is 9.93 Å². The molecule has 3 rings (SSSR count). The number of ether oxygens (including phenoxy) is 2. The van der Waals surface area contributed by atoms with Gasteiger partial charge in [0.15, 0.2) is 0 Å². The smallest absolute Gasteiger partial charge is 0.408 e. The van der Waals surface area contributed by atoms with Gasteiger partial charge in [0.25, 0.3) is 0 Å². The number of rotatable bonds is 10. The van der Waals surface area contributed by atoms with Gasteiger partial charge in [-0.05, 0) is 18.1 Å². The molecular formula is C23H25N5O5S. The topological polar surface area (TPSA) is 132 Å². The average molecular weight is 484 g/mol. The minimum atomic E-state index is -0.956. The van der Waals surface area contributed by atoms with E-state index in [1.165, 1.54) is 14.0 Å². The van der Waals surface area contributed by atoms with Crippen LogP contribution < -0.4 is 20.7 Å². The van der Waals surface area contributed by atoms with Crippen molar-refractivity contribution in [2.24, 2.45) is 0 Å². The Kier molecular flexibility index (Phi) is 8.92. The molecule has 34 heavy (non-hydrogen) atoms. The van der Waals surface area contributed by atoms with Gasteiger partial charge in [-0.2, -0.15) is 4.98 Å². The van der Waals surface area contributed by atoms with Crippen LogP contribution >= 0.6 is 11.5 Å². The number of nitrogens with zero attached hydrogens (tertiary/aromatic N) is 2. The summed E-state index contributed by atoms with van der Waals surface area (Å²) in [7, 11) is 1.42. The maximum atomic E-state index is 13.0. The second kappa shape index (κ2) is 12.3. The van der Waals surface area contributed by atoms with E-state index in [-0.39, 0.29) is 24.2 Å². The summed E-state index contributed by atoms with van der Waals surface area (Å²) in [6, 6.07) is 16.7. The molecule has 2 atom stereocenters. The molecule has 0 fully saturated rings. The number of anilines is 1. The van der Waals surface area contributed by atoms with Gasteiger partial charge in [-0.25, -0.2) is 4.79 Å². The minimum absolute atomic E-state index is 0.0659. The molecule has 0 aliphatic heterocycles. The summed E-state index contributed by atoms with van der Waals surface area (Å²) < 4.78 is 14.0. The van der Waals surface area contributed by atoms with Gasteiger partial charge in [-0.3, -0.25) is 14.9 Å². The molecule has 178 valence electrons. The molecule has 3 amide bonds. The fourth-order valence-electron chi connectivity index (χ4n) is 2.90. The Morgan fingerprint density at radius 1 is 0.941 bits per heavy atom. The molecule has 0 radical (unpaired) electrons. The normalized spacial score (nSPS) is 12.2. The molecule has 0 saturated heterocycles. The van der Waals surface area contributed by atoms with E-state index in [0.717, 1.165) is 22.7 Å². The molecule has 2 unspecified atom stereocenters. The average Bonchev–Trinajstić information content (AvgIpc) is 3.31. The summed E-state index contributed by atoms with van der Waals surface area (Å²) in [5.74, 6) is -1.02. The third kappa shape index (κ3) is 7.55. The molecule has 1 heterocycles. The third-order valence-corrected chi connectivity index (χ3v) is 5.29. The van der Waals surface area contributed by atoms with Crippen LogP contribution in [0.1, 0.15) is 18.1 Å². The maximum absolute atomic E-state index is 13.0. The van der Waals surface area contributed by atoms with Crippen molar-refractivity contribution in [3.8, 4) is 6.01 Å². The highest BCUT2D eigenvalue weighted by molar-refractivity contribution is 7.10. The number of alkyl carbamates (subject to hydrolysis) is 1. The van der Waals surface area contributed by atoms with Crippen LogP contribution in [0.25, 0.3) is 0 Å². The number of carbonyl (C=O) groups is 3. The number of aromatic nitrogens is 2. The quantitative estimate of drug-likeness (QED) is 0.404. The molecule has 0 bridgehead atoms. The number of benzene rings is 2. The van der Waals surface area contributed by atoms with E-state index in [1.807, 2.05) is 60.7 Å². The first-order valence-electron chi connectivity index (χ1n) is 10.4. The Labute approximate surface area is 200 Å². The van der Waals surface area contributed by atoms with Crippen LogP contribution in [0.3, 0.4) is 0 Å². The lowest BCUT2D eigenvalue weighted by molar-refractivity contribution is -0.127. The fraction of sp³-hybridized carbons (Fsp3) is 0.261. The fourth-order valence-corrected chi connectivity index (χ4v) is 3.45. The lowest BCUT2D eigenvalue weighted by Gasteiger charge is -2.21. The van der Waals surface area contributed by atoms with Crippen LogP contribution in [0.2, 0.25) is 0 Å². The highest BCUT2D eigenvalue weighted by Gasteiger charge is 2.26. The van der Waals surface area contributed by atoms with Crippen LogP contribution in [-0.2, 0) is 27.4 Å². The Bertz CT molecular complexity index is 1090. The lowest BCUT2D eigenvalue weighted by atomic mass is 10.1. The monoisotopic (exact) mass is 483 g/mol. The first-order chi connectivity index (χ1) is 16.4. The van der Waals surface area contributed by atoms with E-state index < -0.39 is 30.0 Å². The molecular weight excluding hydrogens is 458 g/mol. The van der Waals surface area contributed by atoms with Crippen LogP contribution in [0, 0.1) is 0 Å². The molecule has 1 aromatic heterocycles. The summed E-state index contributed by atoms with van der Waals surface area (Å²) in [5.41, 5.74) is 1.66. The second-order valence-electron chi connectivity index (χ2n) is 7.25. The molecule has 10 nitrogen and oxygen atoms in total. The molecule has 0 aliphatic rings. The largest absolute Gasteiger partial charge is 0.466 e. The van der Waals surface area contributed by atoms with Gasteiger partial charge in [-0.1, -0.05) is 60.7 Å². The van der Waals surface area contributed by atoms with Crippen LogP contribution in [0.5, 0.6) is 6.01 Å². The number of hydrogen-bond donors (Lipinski definition) is 3. The van der Waals surface area contributed by atoms with Gasteiger partial charge in [0.2, 0.25) is 16.9 Å². The lowest BCUT2D eigenvalue weighted by Crippen LogP contribution is -2.52. The second-order valence-corrected chi connectivity index (χ2v) is 8.01. The first kappa shape index (κ1) is 24.6. The molecule has 11 heteroatoms. The molecule has 0 aliphatic carbocycles. The maximum Gasteiger partial charge on any atom is 0.408 e. The van der Waals surface area contributed by atoms with Crippen molar-refractivity contribution in [1.82, 2.24) is 20.0 Å². The van der Waals surface area contributed by atoms with Gasteiger partial charge in [0.05, 0.1) is 7.11 Å². The zero-order valence-electron chi connectivity index (χ0n) is 18.7. The van der Waals surface area contributed by atoms with E-state index in [2.05, 4.69) is 25.3 Å². The minimum Gasteiger partial charge on any atom is -0.466 e. The summed E-state index contributed by atoms with van der Waals surface area (Å²) in [5, 5.41) is 8.03. The molecule has 3 N–H and O–H groups in total. The van der Waals surface area contributed by atoms with Crippen molar-refractivity contribution >= 4 is 34.6 Å². The van der Waals surface area contributed by atoms with Crippen molar-refractivity contribution in [3.05, 3.63) is 71.8 Å². The van der Waals surface area contributed by atoms with E-state index in [1.54, 1.807) is 0 Å². The Morgan fingerprint density at radius 2 is 1.59 bits per heavy atom. The predicted molar refractivity (Wildman–Crippen MR) is 126 cm³/mol. The van der Waals surface area contributed by atoms with Crippen molar-refractivity contribution in [1.29, 1.82) is 0 Å². The van der Waals surface area contributed by atoms with Gasteiger partial charge >= 0.3 is 12.1 Å². The Morgan fingerprint density at radius 3 is 2.21 bits per heavy atom.